The van der Waals surface area contributed by atoms with Crippen molar-refractivity contribution >= 4 is 23.5 Å². The lowest BCUT2D eigenvalue weighted by Gasteiger charge is -2.28. The van der Waals surface area contributed by atoms with Crippen molar-refractivity contribution in [2.24, 2.45) is 5.92 Å². The van der Waals surface area contributed by atoms with Crippen molar-refractivity contribution in [2.45, 2.75) is 44.1 Å². The van der Waals surface area contributed by atoms with Crippen LogP contribution in [0.15, 0.2) is 84.9 Å². The van der Waals surface area contributed by atoms with Crippen LogP contribution < -0.4 is 14.8 Å². The maximum Gasteiger partial charge on any atom is 0.326 e. The molecule has 9 heteroatoms. The third kappa shape index (κ3) is 6.82. The number of nitrogens with one attached hydrogen (secondary N) is 1. The molecule has 0 heterocycles. The number of ether oxygens (including phenoxy) is 2. The first-order valence-corrected chi connectivity index (χ1v) is 12.5. The van der Waals surface area contributed by atoms with E-state index in [0.29, 0.717) is 0 Å². The maximum absolute atomic E-state index is 13.7. The first kappa shape index (κ1) is 26.5. The Kier molecular flexibility index (Phi) is 8.81. The summed E-state index contributed by atoms with van der Waals surface area (Å²) in [6, 6.07) is 21.5. The Bertz CT molecular complexity index is 1200. The van der Waals surface area contributed by atoms with Crippen molar-refractivity contribution < 1.29 is 28.8 Å². The van der Waals surface area contributed by atoms with Crippen molar-refractivity contribution in [2.75, 3.05) is 0 Å². The molecule has 3 aromatic rings. The highest BCUT2D eigenvalue weighted by Crippen LogP contribution is 2.31. The molecular weight excluding hydrogens is 488 g/mol. The van der Waals surface area contributed by atoms with Gasteiger partial charge in [0.05, 0.1) is 10.8 Å². The smallest absolute Gasteiger partial charge is 0.326 e. The largest absolute Gasteiger partial charge is 0.426 e. The van der Waals surface area contributed by atoms with Gasteiger partial charge in [-0.2, -0.15) is 0 Å². The van der Waals surface area contributed by atoms with Gasteiger partial charge in [-0.15, -0.1) is 0 Å². The summed E-state index contributed by atoms with van der Waals surface area (Å²) in [6.07, 6.45) is 4.57. The van der Waals surface area contributed by atoms with Gasteiger partial charge in [0.15, 0.2) is 5.92 Å². The number of rotatable bonds is 9. The van der Waals surface area contributed by atoms with Crippen LogP contribution >= 0.6 is 0 Å². The number of esters is 2. The predicted molar refractivity (Wildman–Crippen MR) is 138 cm³/mol. The molecule has 0 spiro atoms. The molecule has 9 nitrogen and oxygen atoms in total. The average Bonchev–Trinajstić information content (AvgIpc) is 2.93. The van der Waals surface area contributed by atoms with Crippen molar-refractivity contribution in [3.8, 4) is 11.5 Å². The third-order valence-corrected chi connectivity index (χ3v) is 6.46. The zero-order valence-electron chi connectivity index (χ0n) is 20.7. The summed E-state index contributed by atoms with van der Waals surface area (Å²) in [5.41, 5.74) is 0.0689. The third-order valence-electron chi connectivity index (χ3n) is 6.46. The zero-order valence-corrected chi connectivity index (χ0v) is 20.7. The standard InChI is InChI=1S/C29H28N2O7/c32-27(30-21-10-4-1-5-11-21)25(20-16-18-22(19-17-20)31(35)36)26(28(33)37-23-12-6-2-7-13-23)29(34)38-24-14-8-3-9-15-24/h2-3,6-9,12-19,21,25-26H,1,4-5,10-11H2,(H,30,32). The number of carbonyl (C=O) groups is 3. The Morgan fingerprint density at radius 2 is 1.26 bits per heavy atom. The van der Waals surface area contributed by atoms with Crippen molar-refractivity contribution in [3.05, 3.63) is 101 Å². The molecule has 1 aliphatic carbocycles. The Morgan fingerprint density at radius 3 is 1.74 bits per heavy atom. The van der Waals surface area contributed by atoms with Gasteiger partial charge in [0.1, 0.15) is 11.5 Å². The summed E-state index contributed by atoms with van der Waals surface area (Å²) >= 11 is 0. The van der Waals surface area contributed by atoms with Gasteiger partial charge in [-0.25, -0.2) is 0 Å². The van der Waals surface area contributed by atoms with Crippen LogP contribution in [0.2, 0.25) is 0 Å². The van der Waals surface area contributed by atoms with E-state index in [1.54, 1.807) is 60.7 Å². The monoisotopic (exact) mass is 516 g/mol. The van der Waals surface area contributed by atoms with Crippen LogP contribution in [-0.2, 0) is 14.4 Å². The molecule has 1 unspecified atom stereocenters. The Hall–Kier alpha value is -4.53. The zero-order chi connectivity index (χ0) is 26.9. The lowest BCUT2D eigenvalue weighted by molar-refractivity contribution is -0.384. The highest BCUT2D eigenvalue weighted by Gasteiger charge is 2.44. The minimum absolute atomic E-state index is 0.104. The molecule has 0 bridgehead atoms. The molecule has 1 fully saturated rings. The quantitative estimate of drug-likeness (QED) is 0.140. The van der Waals surface area contributed by atoms with E-state index in [4.69, 9.17) is 9.47 Å². The van der Waals surface area contributed by atoms with Gasteiger partial charge < -0.3 is 14.8 Å². The average molecular weight is 517 g/mol. The summed E-state index contributed by atoms with van der Waals surface area (Å²) in [5, 5.41) is 14.2. The number of para-hydroxylation sites is 2. The second kappa shape index (κ2) is 12.6. The molecule has 1 N–H and O–H groups in total. The van der Waals surface area contributed by atoms with Crippen LogP contribution in [0, 0.1) is 16.0 Å². The molecule has 4 rings (SSSR count). The molecule has 1 aliphatic rings. The van der Waals surface area contributed by atoms with Gasteiger partial charge in [-0.3, -0.25) is 24.5 Å². The van der Waals surface area contributed by atoms with E-state index in [2.05, 4.69) is 5.32 Å². The van der Waals surface area contributed by atoms with Crippen LogP contribution in [0.3, 0.4) is 0 Å². The second-order valence-corrected chi connectivity index (χ2v) is 9.12. The maximum atomic E-state index is 13.7. The normalized spacial score (nSPS) is 14.3. The van der Waals surface area contributed by atoms with Gasteiger partial charge in [-0.1, -0.05) is 67.8 Å². The SMILES string of the molecule is O=C(Oc1ccccc1)C(C(=O)Oc1ccccc1)C(C(=O)NC1CCCCC1)c1ccc([N+](=O)[O-])cc1. The molecule has 0 aliphatic heterocycles. The summed E-state index contributed by atoms with van der Waals surface area (Å²) < 4.78 is 11.0. The number of nitro groups is 1. The van der Waals surface area contributed by atoms with E-state index in [1.165, 1.54) is 24.3 Å². The van der Waals surface area contributed by atoms with Crippen molar-refractivity contribution in [1.82, 2.24) is 5.32 Å². The van der Waals surface area contributed by atoms with E-state index >= 15 is 0 Å². The molecule has 0 radical (unpaired) electrons. The minimum Gasteiger partial charge on any atom is -0.426 e. The van der Waals surface area contributed by atoms with Gasteiger partial charge >= 0.3 is 11.9 Å². The predicted octanol–water partition coefficient (Wildman–Crippen LogP) is 4.95. The number of nitrogens with zero attached hydrogens (tertiary/aromatic N) is 1. The summed E-state index contributed by atoms with van der Waals surface area (Å²) in [6.45, 7) is 0. The topological polar surface area (TPSA) is 125 Å². The fourth-order valence-corrected chi connectivity index (χ4v) is 4.54. The number of hydrogen-bond acceptors (Lipinski definition) is 7. The lowest BCUT2D eigenvalue weighted by atomic mass is 9.84. The van der Waals surface area contributed by atoms with Crippen LogP contribution in [0.4, 0.5) is 5.69 Å². The van der Waals surface area contributed by atoms with Gasteiger partial charge in [0, 0.05) is 18.2 Å². The van der Waals surface area contributed by atoms with Crippen LogP contribution in [-0.4, -0.2) is 28.8 Å². The summed E-state index contributed by atoms with van der Waals surface area (Å²) in [4.78, 5) is 51.4. The Morgan fingerprint density at radius 1 is 0.763 bits per heavy atom. The van der Waals surface area contributed by atoms with Crippen LogP contribution in [0.25, 0.3) is 0 Å². The Labute approximate surface area is 219 Å². The van der Waals surface area contributed by atoms with E-state index in [1.807, 2.05) is 0 Å². The molecule has 1 amide bonds. The molecule has 0 aromatic heterocycles. The van der Waals surface area contributed by atoms with Crippen molar-refractivity contribution in [1.29, 1.82) is 0 Å². The number of nitro benzene ring substituents is 1. The number of carbonyl (C=O) groups excluding carboxylic acids is 3. The Balaban J connectivity index is 1.72. The van der Waals surface area contributed by atoms with Crippen molar-refractivity contribution in [3.63, 3.8) is 0 Å². The number of benzene rings is 3. The van der Waals surface area contributed by atoms with E-state index < -0.39 is 34.6 Å². The molecule has 38 heavy (non-hydrogen) atoms. The van der Waals surface area contributed by atoms with E-state index in [9.17, 15) is 24.5 Å². The summed E-state index contributed by atoms with van der Waals surface area (Å²) in [7, 11) is 0. The molecular formula is C29H28N2O7. The van der Waals surface area contributed by atoms with Gasteiger partial charge in [-0.05, 0) is 42.7 Å². The first-order chi connectivity index (χ1) is 18.4. The molecule has 1 atom stereocenters. The molecule has 196 valence electrons. The van der Waals surface area contributed by atoms with Gasteiger partial charge in [0.2, 0.25) is 5.91 Å². The summed E-state index contributed by atoms with van der Waals surface area (Å²) in [5.74, 6) is -5.12. The lowest BCUT2D eigenvalue weighted by Crippen LogP contribution is -2.46. The minimum atomic E-state index is -1.68. The van der Waals surface area contributed by atoms with E-state index in [-0.39, 0.29) is 28.8 Å². The number of non-ortho nitro benzene ring substituents is 1. The number of amides is 1. The fraction of sp³-hybridized carbons (Fsp3) is 0.276. The van der Waals surface area contributed by atoms with Crippen LogP contribution in [0.5, 0.6) is 11.5 Å². The highest BCUT2D eigenvalue weighted by molar-refractivity contribution is 6.03. The van der Waals surface area contributed by atoms with Crippen LogP contribution in [0.1, 0.15) is 43.6 Å². The second-order valence-electron chi connectivity index (χ2n) is 9.12. The fourth-order valence-electron chi connectivity index (χ4n) is 4.54. The molecule has 1 saturated carbocycles. The number of hydrogen-bond donors (Lipinski definition) is 1. The van der Waals surface area contributed by atoms with E-state index in [0.717, 1.165) is 32.1 Å². The van der Waals surface area contributed by atoms with Gasteiger partial charge in [0.25, 0.3) is 5.69 Å². The molecule has 3 aromatic carbocycles. The molecule has 0 saturated heterocycles. The highest BCUT2D eigenvalue weighted by atomic mass is 16.6. The first-order valence-electron chi connectivity index (χ1n) is 12.5.